The Labute approximate surface area is 153 Å². The van der Waals surface area contributed by atoms with E-state index in [9.17, 15) is 22.8 Å². The lowest BCUT2D eigenvalue weighted by atomic mass is 10.1. The van der Waals surface area contributed by atoms with Crippen molar-refractivity contribution in [3.05, 3.63) is 53.6 Å². The summed E-state index contributed by atoms with van der Waals surface area (Å²) in [6, 6.07) is 10.7. The van der Waals surface area contributed by atoms with Gasteiger partial charge in [-0.1, -0.05) is 18.2 Å². The van der Waals surface area contributed by atoms with Crippen LogP contribution in [0.2, 0.25) is 0 Å². The molecule has 0 saturated heterocycles. The highest BCUT2D eigenvalue weighted by Gasteiger charge is 2.34. The summed E-state index contributed by atoms with van der Waals surface area (Å²) < 4.78 is 39.8. The molecular formula is C18H17F3N2O2S. The van der Waals surface area contributed by atoms with Gasteiger partial charge < -0.3 is 10.6 Å². The quantitative estimate of drug-likeness (QED) is 0.737. The van der Waals surface area contributed by atoms with Gasteiger partial charge in [-0.05, 0) is 36.8 Å². The average molecular weight is 382 g/mol. The molecule has 4 nitrogen and oxygen atoms in total. The minimum atomic E-state index is -4.67. The molecule has 0 spiro atoms. The van der Waals surface area contributed by atoms with Gasteiger partial charge in [-0.25, -0.2) is 0 Å². The molecule has 138 valence electrons. The number of nitrogens with one attached hydrogen (secondary N) is 2. The number of amides is 2. The van der Waals surface area contributed by atoms with Crippen LogP contribution in [0, 0.1) is 6.92 Å². The maximum absolute atomic E-state index is 13.3. The van der Waals surface area contributed by atoms with E-state index in [-0.39, 0.29) is 17.1 Å². The molecule has 2 aromatic carbocycles. The van der Waals surface area contributed by atoms with Gasteiger partial charge in [-0.15, -0.1) is 11.8 Å². The second-order valence-electron chi connectivity index (χ2n) is 5.54. The molecule has 0 fully saturated rings. The summed E-state index contributed by atoms with van der Waals surface area (Å²) in [5, 5.41) is 4.59. The van der Waals surface area contributed by atoms with Crippen molar-refractivity contribution in [3.8, 4) is 0 Å². The molecule has 0 radical (unpaired) electrons. The molecule has 0 aliphatic carbocycles. The summed E-state index contributed by atoms with van der Waals surface area (Å²) in [5.74, 6) is -1.05. The predicted molar refractivity (Wildman–Crippen MR) is 96.3 cm³/mol. The number of alkyl halides is 3. The van der Waals surface area contributed by atoms with Crippen LogP contribution in [0.4, 0.5) is 24.5 Å². The third-order valence-electron chi connectivity index (χ3n) is 3.37. The highest BCUT2D eigenvalue weighted by Crippen LogP contribution is 2.36. The molecule has 0 unspecified atom stereocenters. The van der Waals surface area contributed by atoms with E-state index in [1.54, 1.807) is 0 Å². The fraction of sp³-hybridized carbons (Fsp3) is 0.222. The summed E-state index contributed by atoms with van der Waals surface area (Å²) in [6.45, 7) is 3.09. The topological polar surface area (TPSA) is 58.2 Å². The Bertz CT molecular complexity index is 822. The van der Waals surface area contributed by atoms with Gasteiger partial charge in [0.2, 0.25) is 11.8 Å². The van der Waals surface area contributed by atoms with Crippen LogP contribution in [0.25, 0.3) is 0 Å². The summed E-state index contributed by atoms with van der Waals surface area (Å²) >= 11 is 1.25. The van der Waals surface area contributed by atoms with E-state index in [0.717, 1.165) is 22.6 Å². The first-order valence-corrected chi connectivity index (χ1v) is 8.62. The number of hydrogen-bond acceptors (Lipinski definition) is 3. The van der Waals surface area contributed by atoms with Crippen LogP contribution >= 0.6 is 11.8 Å². The highest BCUT2D eigenvalue weighted by atomic mass is 32.2. The molecule has 26 heavy (non-hydrogen) atoms. The largest absolute Gasteiger partial charge is 0.418 e. The second kappa shape index (κ2) is 8.27. The summed E-state index contributed by atoms with van der Waals surface area (Å²) in [4.78, 5) is 24.0. The van der Waals surface area contributed by atoms with Gasteiger partial charge in [0.05, 0.1) is 17.0 Å². The van der Waals surface area contributed by atoms with Crippen molar-refractivity contribution in [2.24, 2.45) is 0 Å². The highest BCUT2D eigenvalue weighted by molar-refractivity contribution is 8.00. The first kappa shape index (κ1) is 19.8. The zero-order chi connectivity index (χ0) is 19.3. The molecule has 0 aliphatic heterocycles. The molecule has 0 saturated carbocycles. The van der Waals surface area contributed by atoms with Crippen LogP contribution in [0.5, 0.6) is 0 Å². The smallest absolute Gasteiger partial charge is 0.326 e. The standard InChI is InChI=1S/C18H17F3N2O2S/c1-11-5-3-4-6-16(11)26-10-17(25)23-15-8-7-13(22-12(2)24)9-14(15)18(19,20)21/h3-9H,10H2,1-2H3,(H,22,24)(H,23,25). The molecule has 0 bridgehead atoms. The summed E-state index contributed by atoms with van der Waals surface area (Å²) in [7, 11) is 0. The number of hydrogen-bond donors (Lipinski definition) is 2. The van der Waals surface area contributed by atoms with Crippen molar-refractivity contribution in [2.45, 2.75) is 24.9 Å². The van der Waals surface area contributed by atoms with Gasteiger partial charge in [0, 0.05) is 17.5 Å². The lowest BCUT2D eigenvalue weighted by Gasteiger charge is -2.15. The van der Waals surface area contributed by atoms with Crippen LogP contribution in [-0.2, 0) is 15.8 Å². The van der Waals surface area contributed by atoms with Crippen LogP contribution < -0.4 is 10.6 Å². The lowest BCUT2D eigenvalue weighted by Crippen LogP contribution is -2.18. The minimum absolute atomic E-state index is 0.0112. The Morgan fingerprint density at radius 2 is 1.77 bits per heavy atom. The van der Waals surface area contributed by atoms with Crippen molar-refractivity contribution >= 4 is 35.0 Å². The van der Waals surface area contributed by atoms with Crippen LogP contribution in [0.15, 0.2) is 47.4 Å². The number of rotatable bonds is 5. The van der Waals surface area contributed by atoms with Crippen molar-refractivity contribution in [1.82, 2.24) is 0 Å². The molecule has 2 aromatic rings. The zero-order valence-electron chi connectivity index (χ0n) is 14.1. The molecule has 2 rings (SSSR count). The zero-order valence-corrected chi connectivity index (χ0v) is 14.9. The van der Waals surface area contributed by atoms with Crippen molar-refractivity contribution in [3.63, 3.8) is 0 Å². The van der Waals surface area contributed by atoms with E-state index in [1.807, 2.05) is 31.2 Å². The third-order valence-corrected chi connectivity index (χ3v) is 4.55. The van der Waals surface area contributed by atoms with E-state index >= 15 is 0 Å². The molecule has 0 atom stereocenters. The Morgan fingerprint density at radius 1 is 1.08 bits per heavy atom. The van der Waals surface area contributed by atoms with E-state index in [0.29, 0.717) is 0 Å². The predicted octanol–water partition coefficient (Wildman–Crippen LogP) is 4.70. The van der Waals surface area contributed by atoms with Crippen LogP contribution in [0.1, 0.15) is 18.1 Å². The van der Waals surface area contributed by atoms with E-state index in [4.69, 9.17) is 0 Å². The molecule has 0 aromatic heterocycles. The van der Waals surface area contributed by atoms with Crippen LogP contribution in [-0.4, -0.2) is 17.6 Å². The second-order valence-corrected chi connectivity index (χ2v) is 6.56. The van der Waals surface area contributed by atoms with Crippen molar-refractivity contribution in [2.75, 3.05) is 16.4 Å². The van der Waals surface area contributed by atoms with E-state index in [2.05, 4.69) is 10.6 Å². The van der Waals surface area contributed by atoms with Crippen molar-refractivity contribution in [1.29, 1.82) is 0 Å². The number of halogens is 3. The monoisotopic (exact) mass is 382 g/mol. The Kier molecular flexibility index (Phi) is 6.31. The normalized spacial score (nSPS) is 11.1. The number of aryl methyl sites for hydroxylation is 1. The number of carbonyl (C=O) groups is 2. The molecule has 2 N–H and O–H groups in total. The fourth-order valence-corrected chi connectivity index (χ4v) is 3.05. The first-order chi connectivity index (χ1) is 12.2. The Morgan fingerprint density at radius 3 is 2.38 bits per heavy atom. The molecule has 0 aliphatic rings. The maximum atomic E-state index is 13.3. The maximum Gasteiger partial charge on any atom is 0.418 e. The number of benzene rings is 2. The number of anilines is 2. The van der Waals surface area contributed by atoms with E-state index in [1.165, 1.54) is 24.8 Å². The molecule has 2 amide bonds. The minimum Gasteiger partial charge on any atom is -0.326 e. The van der Waals surface area contributed by atoms with Gasteiger partial charge in [0.1, 0.15) is 0 Å². The summed E-state index contributed by atoms with van der Waals surface area (Å²) in [5.41, 5.74) is -0.363. The van der Waals surface area contributed by atoms with Crippen LogP contribution in [0.3, 0.4) is 0 Å². The third kappa shape index (κ3) is 5.52. The molecule has 0 heterocycles. The van der Waals surface area contributed by atoms with Gasteiger partial charge >= 0.3 is 6.18 Å². The first-order valence-electron chi connectivity index (χ1n) is 7.64. The average Bonchev–Trinajstić information content (AvgIpc) is 2.54. The van der Waals surface area contributed by atoms with Gasteiger partial charge in [0.25, 0.3) is 0 Å². The lowest BCUT2D eigenvalue weighted by molar-refractivity contribution is -0.137. The number of carbonyl (C=O) groups excluding carboxylic acids is 2. The molecule has 8 heteroatoms. The van der Waals surface area contributed by atoms with E-state index < -0.39 is 23.6 Å². The van der Waals surface area contributed by atoms with Gasteiger partial charge in [-0.2, -0.15) is 13.2 Å². The Balaban J connectivity index is 2.13. The van der Waals surface area contributed by atoms with Gasteiger partial charge in [0.15, 0.2) is 0 Å². The summed E-state index contributed by atoms with van der Waals surface area (Å²) in [6.07, 6.45) is -4.67. The van der Waals surface area contributed by atoms with Crippen molar-refractivity contribution < 1.29 is 22.8 Å². The molecular weight excluding hydrogens is 365 g/mol. The Hall–Kier alpha value is -2.48. The fourth-order valence-electron chi connectivity index (χ4n) is 2.22. The van der Waals surface area contributed by atoms with Gasteiger partial charge in [-0.3, -0.25) is 9.59 Å². The number of thioether (sulfide) groups is 1. The SMILES string of the molecule is CC(=O)Nc1ccc(NC(=O)CSc2ccccc2C)c(C(F)(F)F)c1.